The molecule has 4 nitrogen and oxygen atoms in total. The van der Waals surface area contributed by atoms with E-state index in [2.05, 4.69) is 30.5 Å². The van der Waals surface area contributed by atoms with Gasteiger partial charge in [-0.15, -0.1) is 0 Å². The van der Waals surface area contributed by atoms with Crippen molar-refractivity contribution in [2.24, 2.45) is 0 Å². The van der Waals surface area contributed by atoms with E-state index in [4.69, 9.17) is 10.7 Å². The summed E-state index contributed by atoms with van der Waals surface area (Å²) >= 11 is 1.40. The van der Waals surface area contributed by atoms with Crippen molar-refractivity contribution in [2.45, 2.75) is 39.2 Å². The molecule has 2 aromatic rings. The maximum atomic E-state index is 5.99. The molecule has 0 atom stereocenters. The summed E-state index contributed by atoms with van der Waals surface area (Å²) in [5, 5.41) is 4.49. The lowest BCUT2D eigenvalue weighted by molar-refractivity contribution is 0.547. The number of nitrogens with zero attached hydrogens (tertiary/aromatic N) is 2. The van der Waals surface area contributed by atoms with Crippen LogP contribution >= 0.6 is 11.5 Å². The summed E-state index contributed by atoms with van der Waals surface area (Å²) in [5.41, 5.74) is 9.94. The summed E-state index contributed by atoms with van der Waals surface area (Å²) in [6.45, 7) is 8.54. The van der Waals surface area contributed by atoms with Crippen LogP contribution in [-0.2, 0) is 18.4 Å². The molecule has 0 saturated carbocycles. The monoisotopic (exact) mass is 262 g/mol. The van der Waals surface area contributed by atoms with Crippen molar-refractivity contribution >= 4 is 27.6 Å². The Balaban J connectivity index is 2.38. The van der Waals surface area contributed by atoms with Crippen molar-refractivity contribution < 1.29 is 0 Å². The first-order chi connectivity index (χ1) is 8.48. The number of nitrogens with two attached hydrogens (primary N) is 1. The van der Waals surface area contributed by atoms with Crippen LogP contribution in [0, 0.1) is 0 Å². The summed E-state index contributed by atoms with van der Waals surface area (Å²) in [4.78, 5) is 5.80. The van der Waals surface area contributed by atoms with Crippen molar-refractivity contribution in [3.63, 3.8) is 0 Å². The highest BCUT2D eigenvalue weighted by molar-refractivity contribution is 7.13. The van der Waals surface area contributed by atoms with E-state index >= 15 is 0 Å². The highest BCUT2D eigenvalue weighted by atomic mass is 32.1. The Kier molecular flexibility index (Phi) is 2.57. The summed E-state index contributed by atoms with van der Waals surface area (Å²) < 4.78 is 4.26. The topological polar surface area (TPSA) is 63.8 Å². The van der Waals surface area contributed by atoms with Crippen LogP contribution in [0.5, 0.6) is 0 Å². The largest absolute Gasteiger partial charge is 0.382 e. The Morgan fingerprint density at radius 1 is 1.28 bits per heavy atom. The number of nitrogens with one attached hydrogen (secondary N) is 1. The van der Waals surface area contributed by atoms with Gasteiger partial charge >= 0.3 is 0 Å². The standard InChI is InChI=1S/C13H18N4S/c1-13(2,3)10-7-4-5-15-6-8(7)9-11(14)17-18-12(9)16-10/h15H,4-6H2,1-3H3,(H2,14,17). The van der Waals surface area contributed by atoms with Crippen molar-refractivity contribution in [2.75, 3.05) is 12.3 Å². The number of rotatable bonds is 0. The third-order valence-corrected chi connectivity index (χ3v) is 4.19. The van der Waals surface area contributed by atoms with Crippen molar-refractivity contribution in [1.82, 2.24) is 14.7 Å². The number of aromatic nitrogens is 2. The van der Waals surface area contributed by atoms with E-state index in [0.29, 0.717) is 5.82 Å². The lowest BCUT2D eigenvalue weighted by atomic mass is 9.84. The molecule has 0 bridgehead atoms. The maximum Gasteiger partial charge on any atom is 0.147 e. The van der Waals surface area contributed by atoms with Gasteiger partial charge < -0.3 is 11.1 Å². The van der Waals surface area contributed by atoms with Gasteiger partial charge in [0.2, 0.25) is 0 Å². The third kappa shape index (κ3) is 1.69. The Hall–Kier alpha value is -1.20. The zero-order chi connectivity index (χ0) is 12.9. The maximum absolute atomic E-state index is 5.99. The van der Waals surface area contributed by atoms with Crippen LogP contribution in [0.4, 0.5) is 5.82 Å². The number of nitrogen functional groups attached to an aromatic ring is 1. The average molecular weight is 262 g/mol. The van der Waals surface area contributed by atoms with E-state index in [-0.39, 0.29) is 5.41 Å². The smallest absolute Gasteiger partial charge is 0.147 e. The Morgan fingerprint density at radius 2 is 2.06 bits per heavy atom. The second-order valence-corrected chi connectivity index (χ2v) is 6.59. The molecule has 0 fully saturated rings. The minimum absolute atomic E-state index is 0.0639. The quantitative estimate of drug-likeness (QED) is 0.764. The molecule has 1 aliphatic heterocycles. The Morgan fingerprint density at radius 3 is 2.78 bits per heavy atom. The van der Waals surface area contributed by atoms with Crippen LogP contribution in [-0.4, -0.2) is 15.9 Å². The molecule has 0 unspecified atom stereocenters. The molecule has 2 aromatic heterocycles. The van der Waals surface area contributed by atoms with E-state index in [0.717, 1.165) is 29.7 Å². The summed E-state index contributed by atoms with van der Waals surface area (Å²) in [6.07, 6.45) is 1.03. The van der Waals surface area contributed by atoms with Gasteiger partial charge in [-0.3, -0.25) is 0 Å². The lowest BCUT2D eigenvalue weighted by Crippen LogP contribution is -2.28. The molecule has 0 aliphatic carbocycles. The van der Waals surface area contributed by atoms with E-state index in [9.17, 15) is 0 Å². The second-order valence-electron chi connectivity index (χ2n) is 5.84. The highest BCUT2D eigenvalue weighted by Gasteiger charge is 2.27. The van der Waals surface area contributed by atoms with Crippen molar-refractivity contribution in [3.8, 4) is 0 Å². The second kappa shape index (κ2) is 3.90. The number of fused-ring (bicyclic) bond motifs is 3. The summed E-state index contributed by atoms with van der Waals surface area (Å²) in [7, 11) is 0. The lowest BCUT2D eigenvalue weighted by Gasteiger charge is -2.27. The molecule has 3 heterocycles. The van der Waals surface area contributed by atoms with Crippen molar-refractivity contribution in [3.05, 3.63) is 16.8 Å². The molecule has 18 heavy (non-hydrogen) atoms. The molecule has 0 amide bonds. The van der Waals surface area contributed by atoms with Crippen LogP contribution in [0.25, 0.3) is 10.2 Å². The number of hydrogen-bond acceptors (Lipinski definition) is 5. The minimum atomic E-state index is 0.0639. The van der Waals surface area contributed by atoms with E-state index < -0.39 is 0 Å². The summed E-state index contributed by atoms with van der Waals surface area (Å²) in [5.74, 6) is 0.628. The van der Waals surface area contributed by atoms with Gasteiger partial charge in [-0.25, -0.2) is 4.98 Å². The molecule has 3 N–H and O–H groups in total. The molecule has 0 aromatic carbocycles. The molecular formula is C13H18N4S. The van der Waals surface area contributed by atoms with E-state index in [1.54, 1.807) is 0 Å². The molecular weight excluding hydrogens is 244 g/mol. The predicted molar refractivity (Wildman–Crippen MR) is 75.9 cm³/mol. The van der Waals surface area contributed by atoms with Crippen LogP contribution in [0.1, 0.15) is 37.6 Å². The highest BCUT2D eigenvalue weighted by Crippen LogP contribution is 2.36. The Labute approximate surface area is 111 Å². The number of anilines is 1. The molecule has 1 aliphatic rings. The SMILES string of the molecule is CC(C)(C)c1nc2snc(N)c2c2c1CCNC2. The fraction of sp³-hybridized carbons (Fsp3) is 0.538. The van der Waals surface area contributed by atoms with Gasteiger partial charge in [-0.05, 0) is 35.6 Å². The van der Waals surface area contributed by atoms with Crippen LogP contribution in [0.3, 0.4) is 0 Å². The number of pyridine rings is 1. The first-order valence-corrected chi connectivity index (χ1v) is 7.03. The average Bonchev–Trinajstić information content (AvgIpc) is 2.69. The molecule has 0 spiro atoms. The fourth-order valence-corrected chi connectivity index (χ4v) is 3.35. The van der Waals surface area contributed by atoms with Crippen LogP contribution in [0.15, 0.2) is 0 Å². The predicted octanol–water partition coefficient (Wildman–Crippen LogP) is 2.22. The van der Waals surface area contributed by atoms with Gasteiger partial charge in [-0.1, -0.05) is 20.8 Å². The van der Waals surface area contributed by atoms with Gasteiger partial charge in [0.15, 0.2) is 0 Å². The molecule has 5 heteroatoms. The zero-order valence-electron chi connectivity index (χ0n) is 11.0. The van der Waals surface area contributed by atoms with Crippen LogP contribution in [0.2, 0.25) is 0 Å². The van der Waals surface area contributed by atoms with Gasteiger partial charge in [0.1, 0.15) is 10.6 Å². The Bertz CT molecular complexity index is 609. The number of hydrogen-bond donors (Lipinski definition) is 2. The molecule has 3 rings (SSSR count). The molecule has 0 radical (unpaired) electrons. The molecule has 96 valence electrons. The zero-order valence-corrected chi connectivity index (χ0v) is 11.8. The van der Waals surface area contributed by atoms with E-state index in [1.165, 1.54) is 28.4 Å². The first-order valence-electron chi connectivity index (χ1n) is 6.26. The van der Waals surface area contributed by atoms with Crippen LogP contribution < -0.4 is 11.1 Å². The van der Waals surface area contributed by atoms with Gasteiger partial charge in [0.05, 0.1) is 11.1 Å². The van der Waals surface area contributed by atoms with Gasteiger partial charge in [0.25, 0.3) is 0 Å². The minimum Gasteiger partial charge on any atom is -0.382 e. The van der Waals surface area contributed by atoms with Crippen molar-refractivity contribution in [1.29, 1.82) is 0 Å². The fourth-order valence-electron chi connectivity index (χ4n) is 2.63. The third-order valence-electron chi connectivity index (χ3n) is 3.43. The normalized spacial score (nSPS) is 15.9. The van der Waals surface area contributed by atoms with E-state index in [1.807, 2.05) is 0 Å². The summed E-state index contributed by atoms with van der Waals surface area (Å²) in [6, 6.07) is 0. The van der Waals surface area contributed by atoms with Gasteiger partial charge in [0, 0.05) is 12.0 Å². The molecule has 0 saturated heterocycles. The first kappa shape index (κ1) is 11.9. The van der Waals surface area contributed by atoms with Gasteiger partial charge in [-0.2, -0.15) is 4.37 Å².